The topological polar surface area (TPSA) is 68.5 Å². The minimum atomic E-state index is -0.129. The van der Waals surface area contributed by atoms with E-state index >= 15 is 0 Å². The molecule has 0 aliphatic carbocycles. The third-order valence-electron chi connectivity index (χ3n) is 2.81. The molecule has 1 fully saturated rings. The molecule has 0 amide bonds. The molecule has 2 rings (SSSR count). The van der Waals surface area contributed by atoms with Crippen LogP contribution in [-0.2, 0) is 16.1 Å². The molecule has 1 atom stereocenters. The third-order valence-corrected chi connectivity index (χ3v) is 2.81. The van der Waals surface area contributed by atoms with Crippen molar-refractivity contribution in [1.29, 1.82) is 0 Å². The summed E-state index contributed by atoms with van der Waals surface area (Å²) < 4.78 is 9.70. The largest absolute Gasteiger partial charge is 0.469 e. The molecule has 0 radical (unpaired) electrons. The SMILES string of the molecule is COC(=O)C1CCCN(Cc2ncno2)C1. The standard InChI is InChI=1S/C10H15N3O3/c1-15-10(14)8-3-2-4-13(5-8)6-9-11-7-12-16-9/h7-8H,2-6H2,1H3. The number of carbonyl (C=O) groups excluding carboxylic acids is 1. The number of likely N-dealkylation sites (tertiary alicyclic amines) is 1. The Balaban J connectivity index is 1.89. The summed E-state index contributed by atoms with van der Waals surface area (Å²) in [5, 5.41) is 3.55. The highest BCUT2D eigenvalue weighted by Gasteiger charge is 2.26. The van der Waals surface area contributed by atoms with Crippen LogP contribution in [-0.4, -0.2) is 41.2 Å². The molecule has 0 spiro atoms. The van der Waals surface area contributed by atoms with Crippen molar-refractivity contribution < 1.29 is 14.1 Å². The van der Waals surface area contributed by atoms with Crippen LogP contribution >= 0.6 is 0 Å². The van der Waals surface area contributed by atoms with E-state index in [1.807, 2.05) is 0 Å². The van der Waals surface area contributed by atoms with E-state index in [0.29, 0.717) is 19.0 Å². The van der Waals surface area contributed by atoms with Gasteiger partial charge >= 0.3 is 5.97 Å². The van der Waals surface area contributed by atoms with Gasteiger partial charge in [-0.3, -0.25) is 9.69 Å². The lowest BCUT2D eigenvalue weighted by molar-refractivity contribution is -0.147. The van der Waals surface area contributed by atoms with Crippen LogP contribution in [0.15, 0.2) is 10.9 Å². The molecular formula is C10H15N3O3. The first-order valence-electron chi connectivity index (χ1n) is 5.35. The molecule has 0 bridgehead atoms. The Kier molecular flexibility index (Phi) is 3.51. The molecule has 1 saturated heterocycles. The molecule has 6 heteroatoms. The Hall–Kier alpha value is -1.43. The molecule has 0 N–H and O–H groups in total. The fourth-order valence-electron chi connectivity index (χ4n) is 2.02. The lowest BCUT2D eigenvalue weighted by Gasteiger charge is -2.29. The lowest BCUT2D eigenvalue weighted by Crippen LogP contribution is -2.38. The Bertz CT molecular complexity index is 339. The van der Waals surface area contributed by atoms with E-state index in [1.54, 1.807) is 0 Å². The summed E-state index contributed by atoms with van der Waals surface area (Å²) in [4.78, 5) is 17.5. The molecular weight excluding hydrogens is 210 g/mol. The zero-order valence-electron chi connectivity index (χ0n) is 9.26. The van der Waals surface area contributed by atoms with Gasteiger partial charge in [-0.15, -0.1) is 0 Å². The van der Waals surface area contributed by atoms with Crippen molar-refractivity contribution in [3.8, 4) is 0 Å². The van der Waals surface area contributed by atoms with Gasteiger partial charge in [0.1, 0.15) is 0 Å². The van der Waals surface area contributed by atoms with Gasteiger partial charge in [-0.25, -0.2) is 0 Å². The van der Waals surface area contributed by atoms with Crippen LogP contribution in [0.25, 0.3) is 0 Å². The van der Waals surface area contributed by atoms with E-state index in [9.17, 15) is 4.79 Å². The minimum Gasteiger partial charge on any atom is -0.469 e. The van der Waals surface area contributed by atoms with Crippen LogP contribution in [0, 0.1) is 5.92 Å². The van der Waals surface area contributed by atoms with E-state index < -0.39 is 0 Å². The van der Waals surface area contributed by atoms with Gasteiger partial charge in [0, 0.05) is 6.54 Å². The number of piperidine rings is 1. The van der Waals surface area contributed by atoms with E-state index in [1.165, 1.54) is 13.4 Å². The van der Waals surface area contributed by atoms with Crippen molar-refractivity contribution in [2.75, 3.05) is 20.2 Å². The summed E-state index contributed by atoms with van der Waals surface area (Å²) in [6.45, 7) is 2.26. The third kappa shape index (κ3) is 2.57. The van der Waals surface area contributed by atoms with Gasteiger partial charge in [0.25, 0.3) is 0 Å². The Morgan fingerprint density at radius 3 is 3.31 bits per heavy atom. The second kappa shape index (κ2) is 5.07. The number of aromatic nitrogens is 2. The average molecular weight is 225 g/mol. The summed E-state index contributed by atoms with van der Waals surface area (Å²) in [5.74, 6) is 0.433. The highest BCUT2D eigenvalue weighted by molar-refractivity contribution is 5.72. The van der Waals surface area contributed by atoms with Crippen molar-refractivity contribution in [2.45, 2.75) is 19.4 Å². The molecule has 2 heterocycles. The quantitative estimate of drug-likeness (QED) is 0.696. The number of nitrogens with zero attached hydrogens (tertiary/aromatic N) is 3. The number of hydrogen-bond donors (Lipinski definition) is 0. The minimum absolute atomic E-state index is 0.0262. The zero-order chi connectivity index (χ0) is 11.4. The fraction of sp³-hybridized carbons (Fsp3) is 0.700. The smallest absolute Gasteiger partial charge is 0.309 e. The summed E-state index contributed by atoms with van der Waals surface area (Å²) in [6, 6.07) is 0. The monoisotopic (exact) mass is 225 g/mol. The Morgan fingerprint density at radius 1 is 1.75 bits per heavy atom. The van der Waals surface area contributed by atoms with Gasteiger partial charge in [-0.1, -0.05) is 5.16 Å². The first-order chi connectivity index (χ1) is 7.79. The number of methoxy groups -OCH3 is 1. The van der Waals surface area contributed by atoms with Gasteiger partial charge in [0.15, 0.2) is 6.33 Å². The molecule has 6 nitrogen and oxygen atoms in total. The molecule has 1 aromatic heterocycles. The predicted octanol–water partition coefficient (Wildman–Crippen LogP) is 0.455. The average Bonchev–Trinajstić information content (AvgIpc) is 2.81. The Labute approximate surface area is 93.6 Å². The number of esters is 1. The number of hydrogen-bond acceptors (Lipinski definition) is 6. The molecule has 0 aromatic carbocycles. The van der Waals surface area contributed by atoms with Gasteiger partial charge in [-0.2, -0.15) is 4.98 Å². The maximum Gasteiger partial charge on any atom is 0.309 e. The number of carbonyl (C=O) groups is 1. The first kappa shape index (κ1) is 11.1. The lowest BCUT2D eigenvalue weighted by atomic mass is 9.98. The Morgan fingerprint density at radius 2 is 2.62 bits per heavy atom. The molecule has 1 aliphatic heterocycles. The highest BCUT2D eigenvalue weighted by Crippen LogP contribution is 2.18. The van der Waals surface area contributed by atoms with Crippen molar-refractivity contribution in [3.05, 3.63) is 12.2 Å². The highest BCUT2D eigenvalue weighted by atomic mass is 16.5. The van der Waals surface area contributed by atoms with Gasteiger partial charge in [0.05, 0.1) is 19.6 Å². The summed E-state index contributed by atoms with van der Waals surface area (Å²) in [6.07, 6.45) is 3.28. The van der Waals surface area contributed by atoms with E-state index in [0.717, 1.165) is 19.4 Å². The van der Waals surface area contributed by atoms with Crippen molar-refractivity contribution in [3.63, 3.8) is 0 Å². The zero-order valence-corrected chi connectivity index (χ0v) is 9.26. The van der Waals surface area contributed by atoms with Crippen LogP contribution in [0.3, 0.4) is 0 Å². The molecule has 88 valence electrons. The second-order valence-corrected chi connectivity index (χ2v) is 3.93. The maximum atomic E-state index is 11.4. The molecule has 16 heavy (non-hydrogen) atoms. The fourth-order valence-corrected chi connectivity index (χ4v) is 2.02. The predicted molar refractivity (Wildman–Crippen MR) is 54.3 cm³/mol. The van der Waals surface area contributed by atoms with Crippen LogP contribution < -0.4 is 0 Å². The summed E-state index contributed by atoms with van der Waals surface area (Å²) >= 11 is 0. The van der Waals surface area contributed by atoms with Gasteiger partial charge in [-0.05, 0) is 19.4 Å². The summed E-state index contributed by atoms with van der Waals surface area (Å²) in [5.41, 5.74) is 0. The molecule has 0 saturated carbocycles. The molecule has 1 aliphatic rings. The van der Waals surface area contributed by atoms with Crippen LogP contribution in [0.2, 0.25) is 0 Å². The molecule has 1 aromatic rings. The number of rotatable bonds is 3. The van der Waals surface area contributed by atoms with Crippen LogP contribution in [0.1, 0.15) is 18.7 Å². The van der Waals surface area contributed by atoms with Gasteiger partial charge < -0.3 is 9.26 Å². The van der Waals surface area contributed by atoms with E-state index in [-0.39, 0.29) is 11.9 Å². The second-order valence-electron chi connectivity index (χ2n) is 3.93. The van der Waals surface area contributed by atoms with Crippen molar-refractivity contribution in [2.24, 2.45) is 5.92 Å². The number of ether oxygens (including phenoxy) is 1. The van der Waals surface area contributed by atoms with Crippen molar-refractivity contribution in [1.82, 2.24) is 15.0 Å². The van der Waals surface area contributed by atoms with Crippen LogP contribution in [0.4, 0.5) is 0 Å². The van der Waals surface area contributed by atoms with E-state index in [4.69, 9.17) is 9.26 Å². The van der Waals surface area contributed by atoms with E-state index in [2.05, 4.69) is 15.0 Å². The maximum absolute atomic E-state index is 11.4. The first-order valence-corrected chi connectivity index (χ1v) is 5.35. The summed E-state index contributed by atoms with van der Waals surface area (Å²) in [7, 11) is 1.43. The van der Waals surface area contributed by atoms with Crippen molar-refractivity contribution >= 4 is 5.97 Å². The normalized spacial score (nSPS) is 21.9. The van der Waals surface area contributed by atoms with Crippen LogP contribution in [0.5, 0.6) is 0 Å². The van der Waals surface area contributed by atoms with Gasteiger partial charge in [0.2, 0.25) is 5.89 Å². The molecule has 1 unspecified atom stereocenters.